The molecule has 2 heterocycles. The highest BCUT2D eigenvalue weighted by Crippen LogP contribution is 2.41. The minimum absolute atomic E-state index is 0.0873. The molecule has 7 nitrogen and oxygen atoms in total. The number of amides is 1. The van der Waals surface area contributed by atoms with Crippen molar-refractivity contribution in [3.63, 3.8) is 0 Å². The predicted molar refractivity (Wildman–Crippen MR) is 168 cm³/mol. The van der Waals surface area contributed by atoms with Crippen LogP contribution in [0.5, 0.6) is 5.75 Å². The van der Waals surface area contributed by atoms with Gasteiger partial charge in [-0.2, -0.15) is 0 Å². The minimum Gasteiger partial charge on any atom is -0.487 e. The fourth-order valence-corrected chi connectivity index (χ4v) is 8.69. The van der Waals surface area contributed by atoms with Gasteiger partial charge < -0.3 is 14.7 Å². The van der Waals surface area contributed by atoms with E-state index in [1.54, 1.807) is 18.2 Å². The first-order valence-corrected chi connectivity index (χ1v) is 17.2. The smallest absolute Gasteiger partial charge is 0.264 e. The Morgan fingerprint density at radius 1 is 1.07 bits per heavy atom. The van der Waals surface area contributed by atoms with Crippen molar-refractivity contribution in [1.29, 1.82) is 0 Å². The molecule has 1 amide bonds. The number of carbonyl (C=O) groups excluding carboxylic acids is 1. The number of hydrogen-bond acceptors (Lipinski definition) is 6. The summed E-state index contributed by atoms with van der Waals surface area (Å²) < 4.78 is 35.7. The molecule has 0 radical (unpaired) electrons. The number of aliphatic hydroxyl groups excluding tert-OH is 1. The maximum absolute atomic E-state index is 13.5. The van der Waals surface area contributed by atoms with E-state index < -0.39 is 27.3 Å². The lowest BCUT2D eigenvalue weighted by atomic mass is 9.70. The van der Waals surface area contributed by atoms with Crippen LogP contribution >= 0.6 is 11.6 Å². The minimum atomic E-state index is -3.95. The molecule has 0 spiro atoms. The van der Waals surface area contributed by atoms with Crippen LogP contribution < -0.4 is 14.4 Å². The molecule has 5 rings (SSSR count). The zero-order chi connectivity index (χ0) is 30.0. The number of anilines is 1. The predicted octanol–water partition coefficient (Wildman–Crippen LogP) is 6.13. The summed E-state index contributed by atoms with van der Waals surface area (Å²) in [6.07, 6.45) is 8.32. The van der Waals surface area contributed by atoms with Crippen molar-refractivity contribution >= 4 is 33.2 Å². The second-order valence-corrected chi connectivity index (χ2v) is 14.6. The number of carbonyl (C=O) groups is 1. The van der Waals surface area contributed by atoms with Crippen molar-refractivity contribution in [3.05, 3.63) is 70.3 Å². The van der Waals surface area contributed by atoms with E-state index in [-0.39, 0.29) is 23.3 Å². The summed E-state index contributed by atoms with van der Waals surface area (Å²) in [5, 5.41) is 11.1. The van der Waals surface area contributed by atoms with Gasteiger partial charge in [0.15, 0.2) is 0 Å². The first-order chi connectivity index (χ1) is 20.1. The molecule has 2 aliphatic heterocycles. The van der Waals surface area contributed by atoms with Crippen LogP contribution in [0.15, 0.2) is 48.6 Å². The average molecular weight is 615 g/mol. The van der Waals surface area contributed by atoms with Crippen molar-refractivity contribution in [2.24, 2.45) is 23.7 Å². The molecule has 9 heteroatoms. The lowest BCUT2D eigenvalue weighted by Crippen LogP contribution is -2.44. The van der Waals surface area contributed by atoms with Gasteiger partial charge in [-0.1, -0.05) is 50.6 Å². The molecular weight excluding hydrogens is 572 g/mol. The Hall–Kier alpha value is -2.55. The number of rotatable bonds is 1. The van der Waals surface area contributed by atoms with Crippen molar-refractivity contribution in [1.82, 2.24) is 4.72 Å². The van der Waals surface area contributed by atoms with Crippen molar-refractivity contribution in [3.8, 4) is 5.75 Å². The standard InChI is InChI=1S/C33H43ClN2O5S/c1-4-32-22(3)21(2)8-14-30(37)28-13-10-25(28)19-36-16-6-5-7-23-17-27(34)12-9-26(23)20-41-31-15-11-24(18-29(31)36)33(38)35-42(32,39)40/h8-9,11-12,14-15,17-18,21-22,25,28,30,32,37H,4-7,10,13,16,19-20H2,1-3H3,(H,35,38)/b14-8+/t21-,22-,25+,28-,30+,32+/m1/s1. The molecule has 228 valence electrons. The molecule has 42 heavy (non-hydrogen) atoms. The molecule has 2 bridgehead atoms. The number of aryl methyl sites for hydroxylation is 1. The molecule has 0 saturated heterocycles. The van der Waals surface area contributed by atoms with E-state index in [0.717, 1.165) is 56.4 Å². The number of halogens is 1. The summed E-state index contributed by atoms with van der Waals surface area (Å²) in [4.78, 5) is 15.7. The van der Waals surface area contributed by atoms with Crippen LogP contribution in [0.1, 0.15) is 74.4 Å². The number of nitrogens with one attached hydrogen (secondary N) is 1. The van der Waals surface area contributed by atoms with Gasteiger partial charge in [0.1, 0.15) is 12.4 Å². The molecule has 6 atom stereocenters. The Kier molecular flexibility index (Phi) is 9.55. The zero-order valence-electron chi connectivity index (χ0n) is 24.8. The largest absolute Gasteiger partial charge is 0.487 e. The van der Waals surface area contributed by atoms with Crippen LogP contribution in [-0.4, -0.2) is 43.9 Å². The average Bonchev–Trinajstić information content (AvgIpc) is 2.96. The van der Waals surface area contributed by atoms with Gasteiger partial charge in [0, 0.05) is 23.7 Å². The molecule has 2 N–H and O–H groups in total. The van der Waals surface area contributed by atoms with Gasteiger partial charge in [-0.05, 0) is 104 Å². The molecule has 0 unspecified atom stereocenters. The van der Waals surface area contributed by atoms with E-state index in [1.165, 1.54) is 5.56 Å². The third-order valence-corrected chi connectivity index (χ3v) is 11.9. The normalized spacial score (nSPS) is 30.8. The highest BCUT2D eigenvalue weighted by molar-refractivity contribution is 7.90. The van der Waals surface area contributed by atoms with Gasteiger partial charge in [-0.3, -0.25) is 4.79 Å². The Balaban J connectivity index is 1.55. The number of hydrogen-bond donors (Lipinski definition) is 2. The quantitative estimate of drug-likeness (QED) is 0.375. The summed E-state index contributed by atoms with van der Waals surface area (Å²) in [6, 6.07) is 11.1. The van der Waals surface area contributed by atoms with E-state index >= 15 is 0 Å². The zero-order valence-corrected chi connectivity index (χ0v) is 26.3. The van der Waals surface area contributed by atoms with E-state index in [0.29, 0.717) is 29.7 Å². The number of benzene rings is 2. The first kappa shape index (κ1) is 30.9. The Morgan fingerprint density at radius 3 is 2.62 bits per heavy atom. The third-order valence-electron chi connectivity index (χ3n) is 9.67. The summed E-state index contributed by atoms with van der Waals surface area (Å²) in [5.41, 5.74) is 3.30. The fraction of sp³-hybridized carbons (Fsp3) is 0.545. The summed E-state index contributed by atoms with van der Waals surface area (Å²) in [6.45, 7) is 7.52. The monoisotopic (exact) mass is 614 g/mol. The van der Waals surface area contributed by atoms with Gasteiger partial charge in [0.05, 0.1) is 17.0 Å². The number of allylic oxidation sites excluding steroid dienone is 1. The Morgan fingerprint density at radius 2 is 1.88 bits per heavy atom. The van der Waals surface area contributed by atoms with Crippen LogP contribution in [0.25, 0.3) is 0 Å². The van der Waals surface area contributed by atoms with E-state index in [9.17, 15) is 18.3 Å². The number of aliphatic hydroxyl groups is 1. The van der Waals surface area contributed by atoms with Crippen LogP contribution in [0, 0.1) is 23.7 Å². The second-order valence-electron chi connectivity index (χ2n) is 12.3. The Labute approximate surface area is 255 Å². The maximum atomic E-state index is 13.5. The molecule has 1 saturated carbocycles. The number of nitrogens with zero attached hydrogens (tertiary/aromatic N) is 1. The second kappa shape index (κ2) is 13.0. The van der Waals surface area contributed by atoms with Crippen LogP contribution in [0.3, 0.4) is 0 Å². The first-order valence-electron chi connectivity index (χ1n) is 15.3. The van der Waals surface area contributed by atoms with Crippen LogP contribution in [0.2, 0.25) is 5.02 Å². The topological polar surface area (TPSA) is 95.9 Å². The molecule has 1 fully saturated rings. The molecule has 0 aromatic heterocycles. The van der Waals surface area contributed by atoms with Gasteiger partial charge >= 0.3 is 0 Å². The van der Waals surface area contributed by atoms with Gasteiger partial charge in [0.25, 0.3) is 5.91 Å². The van der Waals surface area contributed by atoms with E-state index in [4.69, 9.17) is 16.3 Å². The summed E-state index contributed by atoms with van der Waals surface area (Å²) >= 11 is 6.31. The van der Waals surface area contributed by atoms with Gasteiger partial charge in [0.2, 0.25) is 10.0 Å². The SMILES string of the molecule is CC[C@H]1[C@H](C)[C@H](C)/C=C/[C@H](O)[C@@H]2CC[C@H]2CN2CCCCc3cc(Cl)ccc3COc3ccc(cc32)C(=O)NS1(=O)=O. The molecule has 2 aromatic carbocycles. The molecular formula is C33H43ClN2O5S. The summed E-state index contributed by atoms with van der Waals surface area (Å²) in [7, 11) is -3.95. The van der Waals surface area contributed by atoms with Crippen molar-refractivity contribution < 1.29 is 23.1 Å². The number of fused-ring (bicyclic) bond motifs is 3. The molecule has 3 aliphatic rings. The number of ether oxygens (including phenoxy) is 1. The maximum Gasteiger partial charge on any atom is 0.264 e. The van der Waals surface area contributed by atoms with E-state index in [1.807, 2.05) is 51.1 Å². The van der Waals surface area contributed by atoms with Crippen LogP contribution in [-0.2, 0) is 23.1 Å². The van der Waals surface area contributed by atoms with Crippen molar-refractivity contribution in [2.75, 3.05) is 18.0 Å². The summed E-state index contributed by atoms with van der Waals surface area (Å²) in [5.74, 6) is 0.0930. The number of sulfonamides is 1. The van der Waals surface area contributed by atoms with Crippen LogP contribution in [0.4, 0.5) is 5.69 Å². The highest BCUT2D eigenvalue weighted by atomic mass is 35.5. The molecule has 2 aromatic rings. The van der Waals surface area contributed by atoms with E-state index in [2.05, 4.69) is 9.62 Å². The third kappa shape index (κ3) is 6.66. The van der Waals surface area contributed by atoms with Crippen molar-refractivity contribution in [2.45, 2.75) is 77.3 Å². The van der Waals surface area contributed by atoms with Gasteiger partial charge in [-0.25, -0.2) is 13.1 Å². The lowest BCUT2D eigenvalue weighted by Gasteiger charge is -2.42. The molecule has 1 aliphatic carbocycles. The fourth-order valence-electron chi connectivity index (χ4n) is 6.72. The Bertz CT molecular complexity index is 1430. The lowest BCUT2D eigenvalue weighted by molar-refractivity contribution is 0.0459. The highest BCUT2D eigenvalue weighted by Gasteiger charge is 2.38. The van der Waals surface area contributed by atoms with Gasteiger partial charge in [-0.15, -0.1) is 0 Å².